The van der Waals surface area contributed by atoms with Crippen LogP contribution in [0.1, 0.15) is 23.7 Å². The first-order valence-electron chi connectivity index (χ1n) is 5.14. The van der Waals surface area contributed by atoms with Crippen LogP contribution in [0.3, 0.4) is 0 Å². The van der Waals surface area contributed by atoms with Crippen LogP contribution in [-0.4, -0.2) is 18.5 Å². The summed E-state index contributed by atoms with van der Waals surface area (Å²) in [5, 5.41) is 2.40. The highest BCUT2D eigenvalue weighted by Gasteiger charge is 2.15. The summed E-state index contributed by atoms with van der Waals surface area (Å²) in [4.78, 5) is 11.5. The molecule has 1 amide bonds. The number of nitrogens with two attached hydrogens (primary N) is 1. The van der Waals surface area contributed by atoms with Crippen LogP contribution in [0.2, 0.25) is 0 Å². The van der Waals surface area contributed by atoms with E-state index in [9.17, 15) is 18.0 Å². The Morgan fingerprint density at radius 3 is 2.35 bits per heavy atom. The van der Waals surface area contributed by atoms with E-state index in [4.69, 9.17) is 5.73 Å². The lowest BCUT2D eigenvalue weighted by molar-refractivity contribution is 0.0950. The number of carbonyl (C=O) groups is 1. The zero-order valence-corrected chi connectivity index (χ0v) is 9.27. The average molecular weight is 246 g/mol. The van der Waals surface area contributed by atoms with Crippen molar-refractivity contribution in [3.63, 3.8) is 0 Å². The fourth-order valence-electron chi connectivity index (χ4n) is 1.16. The Morgan fingerprint density at radius 1 is 1.35 bits per heavy atom. The Balaban J connectivity index is 2.76. The van der Waals surface area contributed by atoms with Crippen molar-refractivity contribution in [1.82, 2.24) is 5.32 Å². The summed E-state index contributed by atoms with van der Waals surface area (Å²) >= 11 is 0. The standard InChI is InChI=1S/C11H13F3N2O/c1-2-7(15)5-16-11(17)6-3-8(12)10(14)9(13)4-6/h3-4,7H,2,5,15H2,1H3,(H,16,17). The summed E-state index contributed by atoms with van der Waals surface area (Å²) in [7, 11) is 0. The van der Waals surface area contributed by atoms with Gasteiger partial charge in [-0.25, -0.2) is 13.2 Å². The van der Waals surface area contributed by atoms with Crippen molar-refractivity contribution in [3.8, 4) is 0 Å². The fourth-order valence-corrected chi connectivity index (χ4v) is 1.16. The van der Waals surface area contributed by atoms with Crippen molar-refractivity contribution in [2.24, 2.45) is 5.73 Å². The Kier molecular flexibility index (Phi) is 4.51. The molecule has 0 aliphatic carbocycles. The molecule has 94 valence electrons. The zero-order chi connectivity index (χ0) is 13.0. The van der Waals surface area contributed by atoms with E-state index in [1.165, 1.54) is 0 Å². The number of rotatable bonds is 4. The quantitative estimate of drug-likeness (QED) is 0.792. The van der Waals surface area contributed by atoms with Crippen molar-refractivity contribution < 1.29 is 18.0 Å². The van der Waals surface area contributed by atoms with Crippen LogP contribution < -0.4 is 11.1 Å². The average Bonchev–Trinajstić information content (AvgIpc) is 2.31. The third kappa shape index (κ3) is 3.45. The van der Waals surface area contributed by atoms with Gasteiger partial charge in [0.1, 0.15) is 0 Å². The van der Waals surface area contributed by atoms with Crippen LogP contribution >= 0.6 is 0 Å². The van der Waals surface area contributed by atoms with Crippen molar-refractivity contribution in [2.75, 3.05) is 6.54 Å². The molecule has 0 heterocycles. The highest BCUT2D eigenvalue weighted by Crippen LogP contribution is 2.13. The van der Waals surface area contributed by atoms with Crippen molar-refractivity contribution in [3.05, 3.63) is 35.1 Å². The van der Waals surface area contributed by atoms with E-state index >= 15 is 0 Å². The molecule has 0 aliphatic heterocycles. The first kappa shape index (κ1) is 13.5. The second kappa shape index (κ2) is 5.67. The molecular weight excluding hydrogens is 233 g/mol. The molecule has 17 heavy (non-hydrogen) atoms. The lowest BCUT2D eigenvalue weighted by atomic mass is 10.2. The summed E-state index contributed by atoms with van der Waals surface area (Å²) in [6.45, 7) is 2.03. The number of carbonyl (C=O) groups excluding carboxylic acids is 1. The maximum atomic E-state index is 12.8. The predicted octanol–water partition coefficient (Wildman–Crippen LogP) is 1.57. The molecule has 0 fully saturated rings. The van der Waals surface area contributed by atoms with Gasteiger partial charge in [0.15, 0.2) is 17.5 Å². The lowest BCUT2D eigenvalue weighted by Crippen LogP contribution is -2.36. The maximum absolute atomic E-state index is 12.8. The van der Waals surface area contributed by atoms with Gasteiger partial charge >= 0.3 is 0 Å². The Labute approximate surface area is 96.8 Å². The van der Waals surface area contributed by atoms with Gasteiger partial charge in [-0.2, -0.15) is 0 Å². The van der Waals surface area contributed by atoms with E-state index in [-0.39, 0.29) is 18.2 Å². The van der Waals surface area contributed by atoms with E-state index < -0.39 is 23.4 Å². The van der Waals surface area contributed by atoms with Crippen LogP contribution in [-0.2, 0) is 0 Å². The Hall–Kier alpha value is -1.56. The van der Waals surface area contributed by atoms with Gasteiger partial charge in [-0.3, -0.25) is 4.79 Å². The molecule has 1 atom stereocenters. The molecule has 1 aromatic carbocycles. The summed E-state index contributed by atoms with van der Waals surface area (Å²) < 4.78 is 38.3. The highest BCUT2D eigenvalue weighted by molar-refractivity contribution is 5.94. The van der Waals surface area contributed by atoms with Crippen molar-refractivity contribution >= 4 is 5.91 Å². The molecular formula is C11H13F3N2O. The normalized spacial score (nSPS) is 12.3. The molecule has 0 saturated carbocycles. The predicted molar refractivity (Wildman–Crippen MR) is 56.9 cm³/mol. The molecule has 0 radical (unpaired) electrons. The van der Waals surface area contributed by atoms with Gasteiger partial charge in [0.2, 0.25) is 0 Å². The van der Waals surface area contributed by atoms with Crippen LogP contribution in [0.4, 0.5) is 13.2 Å². The summed E-state index contributed by atoms with van der Waals surface area (Å²) in [6, 6.07) is 1.06. The van der Waals surface area contributed by atoms with Crippen LogP contribution in [0.5, 0.6) is 0 Å². The second-order valence-corrected chi connectivity index (χ2v) is 3.63. The summed E-state index contributed by atoms with van der Waals surface area (Å²) in [6.07, 6.45) is 0.659. The number of hydrogen-bond donors (Lipinski definition) is 2. The van der Waals surface area contributed by atoms with E-state index in [0.29, 0.717) is 18.6 Å². The molecule has 0 aliphatic rings. The molecule has 6 heteroatoms. The smallest absolute Gasteiger partial charge is 0.251 e. The SMILES string of the molecule is CCC(N)CNC(=O)c1cc(F)c(F)c(F)c1. The minimum Gasteiger partial charge on any atom is -0.350 e. The van der Waals surface area contributed by atoms with Gasteiger partial charge in [0, 0.05) is 18.2 Å². The molecule has 1 unspecified atom stereocenters. The van der Waals surface area contributed by atoms with Gasteiger partial charge in [-0.1, -0.05) is 6.92 Å². The number of nitrogens with one attached hydrogen (secondary N) is 1. The largest absolute Gasteiger partial charge is 0.350 e. The second-order valence-electron chi connectivity index (χ2n) is 3.63. The van der Waals surface area contributed by atoms with E-state index in [0.717, 1.165) is 0 Å². The highest BCUT2D eigenvalue weighted by atomic mass is 19.2. The van der Waals surface area contributed by atoms with Crippen LogP contribution in [0, 0.1) is 17.5 Å². The molecule has 3 nitrogen and oxygen atoms in total. The minimum atomic E-state index is -1.59. The molecule has 3 N–H and O–H groups in total. The third-order valence-corrected chi connectivity index (χ3v) is 2.30. The van der Waals surface area contributed by atoms with Gasteiger partial charge < -0.3 is 11.1 Å². The number of halogens is 3. The first-order valence-corrected chi connectivity index (χ1v) is 5.14. The summed E-state index contributed by atoms with van der Waals surface area (Å²) in [5.41, 5.74) is 5.29. The molecule has 1 rings (SSSR count). The molecule has 0 spiro atoms. The van der Waals surface area contributed by atoms with Crippen molar-refractivity contribution in [2.45, 2.75) is 19.4 Å². The Morgan fingerprint density at radius 2 is 1.88 bits per heavy atom. The monoisotopic (exact) mass is 246 g/mol. The van der Waals surface area contributed by atoms with Crippen LogP contribution in [0.15, 0.2) is 12.1 Å². The fraction of sp³-hybridized carbons (Fsp3) is 0.364. The van der Waals surface area contributed by atoms with E-state index in [1.54, 1.807) is 0 Å². The first-order chi connectivity index (χ1) is 7.95. The number of amides is 1. The van der Waals surface area contributed by atoms with Gasteiger partial charge in [0.05, 0.1) is 0 Å². The molecule has 0 saturated heterocycles. The molecule has 0 bridgehead atoms. The van der Waals surface area contributed by atoms with Gasteiger partial charge in [-0.15, -0.1) is 0 Å². The van der Waals surface area contributed by atoms with Gasteiger partial charge in [-0.05, 0) is 18.6 Å². The zero-order valence-electron chi connectivity index (χ0n) is 9.27. The maximum Gasteiger partial charge on any atom is 0.251 e. The third-order valence-electron chi connectivity index (χ3n) is 2.30. The van der Waals surface area contributed by atoms with E-state index in [1.807, 2.05) is 6.92 Å². The molecule has 0 aromatic heterocycles. The Bertz CT molecular complexity index is 400. The summed E-state index contributed by atoms with van der Waals surface area (Å²) in [5.74, 6) is -5.07. The number of benzene rings is 1. The van der Waals surface area contributed by atoms with Gasteiger partial charge in [0.25, 0.3) is 5.91 Å². The van der Waals surface area contributed by atoms with E-state index in [2.05, 4.69) is 5.32 Å². The lowest BCUT2D eigenvalue weighted by Gasteiger charge is -2.10. The minimum absolute atomic E-state index is 0.190. The van der Waals surface area contributed by atoms with Crippen molar-refractivity contribution in [1.29, 1.82) is 0 Å². The molecule has 1 aromatic rings. The topological polar surface area (TPSA) is 55.1 Å². The van der Waals surface area contributed by atoms with Crippen LogP contribution in [0.25, 0.3) is 0 Å². The number of hydrogen-bond acceptors (Lipinski definition) is 2.